The molecule has 9 heteroatoms. The molecule has 2 bridgehead atoms. The van der Waals surface area contributed by atoms with E-state index in [9.17, 15) is 18.3 Å². The van der Waals surface area contributed by atoms with Gasteiger partial charge in [-0.1, -0.05) is 43.7 Å². The summed E-state index contributed by atoms with van der Waals surface area (Å²) in [5.41, 5.74) is 3.33. The number of ether oxygens (including phenoxy) is 1. The first-order chi connectivity index (χ1) is 19.5. The van der Waals surface area contributed by atoms with Gasteiger partial charge in [-0.15, -0.1) is 0 Å². The van der Waals surface area contributed by atoms with Crippen LogP contribution >= 0.6 is 11.6 Å². The van der Waals surface area contributed by atoms with Gasteiger partial charge in [-0.25, -0.2) is 13.1 Å². The number of rotatable bonds is 0. The van der Waals surface area contributed by atoms with E-state index in [0.29, 0.717) is 25.4 Å². The van der Waals surface area contributed by atoms with Crippen LogP contribution in [-0.2, 0) is 21.9 Å². The molecule has 4 aliphatic rings. The summed E-state index contributed by atoms with van der Waals surface area (Å²) in [4.78, 5) is 15.6. The molecule has 220 valence electrons. The van der Waals surface area contributed by atoms with Crippen LogP contribution < -0.4 is 14.4 Å². The third-order valence-corrected chi connectivity index (χ3v) is 11.6. The summed E-state index contributed by atoms with van der Waals surface area (Å²) in [7, 11) is -3.86. The highest BCUT2D eigenvalue weighted by Gasteiger charge is 2.44. The molecule has 1 saturated carbocycles. The van der Waals surface area contributed by atoms with E-state index < -0.39 is 22.0 Å². The van der Waals surface area contributed by atoms with Crippen molar-refractivity contribution in [3.05, 3.63) is 70.3 Å². The molecule has 1 spiro atoms. The molecule has 0 radical (unpaired) electrons. The van der Waals surface area contributed by atoms with Crippen molar-refractivity contribution in [2.45, 2.75) is 57.5 Å². The Bertz CT molecular complexity index is 1480. The van der Waals surface area contributed by atoms with Crippen LogP contribution in [0, 0.1) is 23.7 Å². The molecule has 41 heavy (non-hydrogen) atoms. The summed E-state index contributed by atoms with van der Waals surface area (Å²) in [6.07, 6.45) is 8.11. The zero-order valence-corrected chi connectivity index (χ0v) is 25.3. The Morgan fingerprint density at radius 2 is 1.95 bits per heavy atom. The molecule has 1 amide bonds. The molecule has 7 nitrogen and oxygen atoms in total. The lowest BCUT2D eigenvalue weighted by Gasteiger charge is -2.45. The predicted octanol–water partition coefficient (Wildman–Crippen LogP) is 5.10. The molecule has 2 aliphatic heterocycles. The second kappa shape index (κ2) is 10.9. The zero-order valence-electron chi connectivity index (χ0n) is 23.7. The molecule has 2 aromatic carbocycles. The highest BCUT2D eigenvalue weighted by molar-refractivity contribution is 7.90. The second-order valence-corrected chi connectivity index (χ2v) is 14.9. The Balaban J connectivity index is 1.42. The molecule has 0 saturated heterocycles. The number of carbonyl (C=O) groups excluding carboxylic acids is 1. The SMILES string of the molecule is C[C@@H]1/C=C/[C@H](O)[C@@H]2CC[C@H]2CN2C[C@@]3(CCCc4cc(Cl)ccc43)COc3ccc(cc32)C(=O)NS(=O)(=O)C[C@@H]1C. The first kappa shape index (κ1) is 28.6. The Morgan fingerprint density at radius 3 is 2.73 bits per heavy atom. The number of aliphatic hydroxyl groups excluding tert-OH is 1. The van der Waals surface area contributed by atoms with Crippen LogP contribution in [-0.4, -0.2) is 51.0 Å². The normalized spacial score (nSPS) is 33.8. The number of nitrogens with one attached hydrogen (secondary N) is 1. The second-order valence-electron chi connectivity index (χ2n) is 12.7. The van der Waals surface area contributed by atoms with E-state index in [1.807, 2.05) is 32.1 Å². The third-order valence-electron chi connectivity index (χ3n) is 9.91. The summed E-state index contributed by atoms with van der Waals surface area (Å²) in [5.74, 6) is -0.0304. The van der Waals surface area contributed by atoms with Crippen LogP contribution in [0.4, 0.5) is 5.69 Å². The van der Waals surface area contributed by atoms with Crippen LogP contribution in [0.25, 0.3) is 0 Å². The maximum Gasteiger partial charge on any atom is 0.264 e. The zero-order chi connectivity index (χ0) is 28.9. The van der Waals surface area contributed by atoms with Gasteiger partial charge < -0.3 is 14.7 Å². The van der Waals surface area contributed by atoms with Crippen LogP contribution in [0.1, 0.15) is 61.0 Å². The number of anilines is 1. The van der Waals surface area contributed by atoms with Crippen molar-refractivity contribution in [3.63, 3.8) is 0 Å². The standard InChI is InChI=1S/C32H39ClN2O5S/c1-20-5-11-29(36)26-9-6-24(26)16-35-18-32(13-3-4-22-14-25(33)8-10-27(22)32)19-40-30-12-7-23(15-28(30)35)31(37)34-41(38,39)17-21(20)2/h5,7-8,10-12,14-15,20-21,24,26,29,36H,3-4,6,9,13,16-19H2,1-2H3,(H,34,37)/b11-5+/t20-,21+,24+,26-,29+,32+/m1/s1. The third kappa shape index (κ3) is 5.63. The summed E-state index contributed by atoms with van der Waals surface area (Å²) < 4.78 is 34.7. The number of fused-ring (bicyclic) bond motifs is 4. The van der Waals surface area contributed by atoms with Crippen LogP contribution in [0.15, 0.2) is 48.6 Å². The lowest BCUT2D eigenvalue weighted by molar-refractivity contribution is 0.0454. The van der Waals surface area contributed by atoms with E-state index in [1.165, 1.54) is 11.1 Å². The monoisotopic (exact) mass is 598 g/mol. The van der Waals surface area contributed by atoms with Crippen LogP contribution in [0.5, 0.6) is 5.75 Å². The van der Waals surface area contributed by atoms with Gasteiger partial charge in [0.2, 0.25) is 10.0 Å². The number of aliphatic hydroxyl groups is 1. The largest absolute Gasteiger partial charge is 0.490 e. The molecular formula is C32H39ClN2O5S. The number of hydrogen-bond acceptors (Lipinski definition) is 6. The van der Waals surface area contributed by atoms with E-state index in [2.05, 4.69) is 21.8 Å². The lowest BCUT2D eigenvalue weighted by atomic mass is 9.68. The molecule has 2 aromatic rings. The lowest BCUT2D eigenvalue weighted by Crippen LogP contribution is -2.49. The molecule has 6 rings (SSSR count). The van der Waals surface area contributed by atoms with Crippen LogP contribution in [0.3, 0.4) is 0 Å². The maximum atomic E-state index is 13.2. The van der Waals surface area contributed by atoms with E-state index >= 15 is 0 Å². The van der Waals surface area contributed by atoms with E-state index in [1.54, 1.807) is 18.2 Å². The number of nitrogens with zero attached hydrogens (tertiary/aromatic N) is 1. The summed E-state index contributed by atoms with van der Waals surface area (Å²) in [5, 5.41) is 11.9. The van der Waals surface area contributed by atoms with Gasteiger partial charge in [0.1, 0.15) is 5.75 Å². The number of allylic oxidation sites excluding steroid dienone is 1. The number of amides is 1. The highest BCUT2D eigenvalue weighted by Crippen LogP contribution is 2.46. The topological polar surface area (TPSA) is 95.9 Å². The number of halogens is 1. The average Bonchev–Trinajstić information content (AvgIpc) is 3.05. The van der Waals surface area contributed by atoms with Crippen LogP contribution in [0.2, 0.25) is 5.02 Å². The Hall–Kier alpha value is -2.55. The van der Waals surface area contributed by atoms with E-state index in [-0.39, 0.29) is 40.4 Å². The minimum Gasteiger partial charge on any atom is -0.490 e. The Labute approximate surface area is 248 Å². The quantitative estimate of drug-likeness (QED) is 0.410. The number of carbonyl (C=O) groups is 1. The molecule has 2 N–H and O–H groups in total. The first-order valence-electron chi connectivity index (χ1n) is 14.8. The van der Waals surface area contributed by atoms with Gasteiger partial charge in [-0.05, 0) is 97.2 Å². The van der Waals surface area contributed by atoms with E-state index in [0.717, 1.165) is 42.8 Å². The smallest absolute Gasteiger partial charge is 0.264 e. The molecule has 2 heterocycles. The van der Waals surface area contributed by atoms with Crippen molar-refractivity contribution in [1.82, 2.24) is 4.72 Å². The van der Waals surface area contributed by atoms with Gasteiger partial charge in [-0.3, -0.25) is 4.79 Å². The molecule has 0 unspecified atom stereocenters. The van der Waals surface area contributed by atoms with Gasteiger partial charge in [0.25, 0.3) is 5.91 Å². The van der Waals surface area contributed by atoms with Crippen molar-refractivity contribution in [2.24, 2.45) is 23.7 Å². The Morgan fingerprint density at radius 1 is 1.12 bits per heavy atom. The molecule has 6 atom stereocenters. The predicted molar refractivity (Wildman–Crippen MR) is 161 cm³/mol. The number of hydrogen-bond donors (Lipinski definition) is 2. The fourth-order valence-corrected chi connectivity index (χ4v) is 8.84. The van der Waals surface area contributed by atoms with Gasteiger partial charge in [0, 0.05) is 29.1 Å². The Kier molecular flexibility index (Phi) is 7.62. The molecule has 1 fully saturated rings. The number of aryl methyl sites for hydroxylation is 1. The van der Waals surface area contributed by atoms with Crippen molar-refractivity contribution < 1.29 is 23.1 Å². The summed E-state index contributed by atoms with van der Waals surface area (Å²) in [6.45, 7) is 5.71. The molecule has 2 aliphatic carbocycles. The summed E-state index contributed by atoms with van der Waals surface area (Å²) in [6, 6.07) is 11.4. The fraction of sp³-hybridized carbons (Fsp3) is 0.531. The first-order valence-corrected chi connectivity index (χ1v) is 16.8. The molecule has 0 aromatic heterocycles. The van der Waals surface area contributed by atoms with Gasteiger partial charge >= 0.3 is 0 Å². The van der Waals surface area contributed by atoms with Gasteiger partial charge in [0.05, 0.1) is 24.2 Å². The van der Waals surface area contributed by atoms with Gasteiger partial charge in [0.15, 0.2) is 0 Å². The number of sulfonamides is 1. The van der Waals surface area contributed by atoms with Crippen molar-refractivity contribution in [3.8, 4) is 5.75 Å². The van der Waals surface area contributed by atoms with Crippen molar-refractivity contribution in [1.29, 1.82) is 0 Å². The minimum absolute atomic E-state index is 0.0730. The molecular weight excluding hydrogens is 560 g/mol. The number of benzene rings is 2. The average molecular weight is 599 g/mol. The minimum atomic E-state index is -3.86. The van der Waals surface area contributed by atoms with Crippen molar-refractivity contribution >= 4 is 33.2 Å². The summed E-state index contributed by atoms with van der Waals surface area (Å²) >= 11 is 6.38. The van der Waals surface area contributed by atoms with Crippen molar-refractivity contribution in [2.75, 3.05) is 30.3 Å². The maximum absolute atomic E-state index is 13.2. The highest BCUT2D eigenvalue weighted by atomic mass is 35.5. The van der Waals surface area contributed by atoms with Gasteiger partial charge in [-0.2, -0.15) is 0 Å². The fourth-order valence-electron chi connectivity index (χ4n) is 7.17. The van der Waals surface area contributed by atoms with E-state index in [4.69, 9.17) is 16.3 Å².